The molecule has 1 saturated heterocycles. The van der Waals surface area contributed by atoms with Gasteiger partial charge in [0.15, 0.2) is 17.5 Å². The number of halogens is 4. The molecule has 9 nitrogen and oxygen atoms in total. The third kappa shape index (κ3) is 5.01. The quantitative estimate of drug-likeness (QED) is 0.449. The monoisotopic (exact) mass is 499 g/mol. The highest BCUT2D eigenvalue weighted by Crippen LogP contribution is 2.31. The second-order valence-corrected chi connectivity index (χ2v) is 9.21. The summed E-state index contributed by atoms with van der Waals surface area (Å²) in [7, 11) is -1.32. The molecule has 1 fully saturated rings. The third-order valence-corrected chi connectivity index (χ3v) is 6.71. The number of rotatable bonds is 6. The predicted molar refractivity (Wildman–Crippen MR) is 117 cm³/mol. The Labute approximate surface area is 194 Å². The summed E-state index contributed by atoms with van der Waals surface area (Å²) in [5, 5.41) is 5.33. The number of alkyl halides is 3. The van der Waals surface area contributed by atoms with E-state index in [1.165, 1.54) is 6.26 Å². The van der Waals surface area contributed by atoms with Gasteiger partial charge in [-0.2, -0.15) is 13.2 Å². The van der Waals surface area contributed by atoms with E-state index in [0.717, 1.165) is 6.20 Å². The van der Waals surface area contributed by atoms with E-state index in [9.17, 15) is 26.6 Å². The summed E-state index contributed by atoms with van der Waals surface area (Å²) in [4.78, 5) is 28.3. The van der Waals surface area contributed by atoms with Gasteiger partial charge in [0.05, 0.1) is 17.2 Å². The Hall–Kier alpha value is -3.13. The van der Waals surface area contributed by atoms with Crippen LogP contribution in [-0.4, -0.2) is 72.0 Å². The zero-order valence-corrected chi connectivity index (χ0v) is 18.8. The van der Waals surface area contributed by atoms with Crippen molar-refractivity contribution in [2.45, 2.75) is 24.6 Å². The Morgan fingerprint density at radius 1 is 1.29 bits per heavy atom. The number of hydrogen-bond acceptors (Lipinski definition) is 6. The number of aromatic amines is 1. The lowest BCUT2D eigenvalue weighted by molar-refractivity contribution is -0.141. The molecule has 0 aliphatic carbocycles. The number of nitrogens with zero attached hydrogens (tertiary/aromatic N) is 4. The Morgan fingerprint density at radius 2 is 2.03 bits per heavy atom. The number of amides is 1. The smallest absolute Gasteiger partial charge is 0.353 e. The van der Waals surface area contributed by atoms with Crippen LogP contribution >= 0.6 is 0 Å². The summed E-state index contributed by atoms with van der Waals surface area (Å²) in [5.41, 5.74) is -0.476. The molecule has 1 atom stereocenters. The number of H-pyrrole nitrogens is 1. The number of pyridine rings is 1. The number of carbonyl (C=O) groups excluding carboxylic acids is 1. The van der Waals surface area contributed by atoms with Crippen molar-refractivity contribution in [3.8, 4) is 11.4 Å². The Kier molecular flexibility index (Phi) is 6.53. The van der Waals surface area contributed by atoms with Crippen LogP contribution in [0.5, 0.6) is 0 Å². The second-order valence-electron chi connectivity index (χ2n) is 7.85. The van der Waals surface area contributed by atoms with Crippen LogP contribution in [0.3, 0.4) is 0 Å². The standard InChI is InChI=1S/C20H21F4N7O2S/c1-34(33)31-7-4-19(5-8-31,18(32)28-11-20(22,23)24)30-17-14(21)10-27-16(29-17)13-9-26-15-12(13)3-2-6-25-15/h2-3,6,9-10H,4-5,7-8,11H2,1H3,(H,25,26)(H,28,32)(H,27,29,30). The van der Waals surface area contributed by atoms with Crippen molar-refractivity contribution < 1.29 is 26.6 Å². The Morgan fingerprint density at radius 3 is 2.71 bits per heavy atom. The van der Waals surface area contributed by atoms with Crippen LogP contribution in [0.15, 0.2) is 30.7 Å². The highest BCUT2D eigenvalue weighted by atomic mass is 32.2. The first-order valence-electron chi connectivity index (χ1n) is 10.2. The van der Waals surface area contributed by atoms with Gasteiger partial charge >= 0.3 is 6.18 Å². The van der Waals surface area contributed by atoms with E-state index in [2.05, 4.69) is 25.3 Å². The molecule has 182 valence electrons. The Bertz CT molecular complexity index is 1230. The van der Waals surface area contributed by atoms with Crippen LogP contribution in [0, 0.1) is 5.82 Å². The van der Waals surface area contributed by atoms with Crippen molar-refractivity contribution in [1.82, 2.24) is 29.6 Å². The number of carbonyl (C=O) groups is 1. The summed E-state index contributed by atoms with van der Waals surface area (Å²) in [6.45, 7) is -1.22. The number of anilines is 1. The van der Waals surface area contributed by atoms with Crippen molar-refractivity contribution >= 4 is 33.7 Å². The number of hydrogen-bond donors (Lipinski definition) is 3. The molecule has 0 saturated carbocycles. The van der Waals surface area contributed by atoms with Crippen molar-refractivity contribution in [3.63, 3.8) is 0 Å². The van der Waals surface area contributed by atoms with Crippen molar-refractivity contribution in [3.05, 3.63) is 36.5 Å². The zero-order valence-electron chi connectivity index (χ0n) is 17.9. The highest BCUT2D eigenvalue weighted by molar-refractivity contribution is 7.81. The van der Waals surface area contributed by atoms with Gasteiger partial charge in [0, 0.05) is 42.7 Å². The van der Waals surface area contributed by atoms with E-state index in [-0.39, 0.29) is 37.6 Å². The van der Waals surface area contributed by atoms with Crippen LogP contribution in [0.2, 0.25) is 0 Å². The molecular formula is C20H21F4N7O2S. The lowest BCUT2D eigenvalue weighted by Gasteiger charge is -2.40. The minimum absolute atomic E-state index is 0.00788. The first kappa shape index (κ1) is 24.0. The fraction of sp³-hybridized carbons (Fsp3) is 0.400. The molecule has 0 bridgehead atoms. The van der Waals surface area contributed by atoms with Crippen LogP contribution in [0.1, 0.15) is 12.8 Å². The maximum absolute atomic E-state index is 14.7. The fourth-order valence-corrected chi connectivity index (χ4v) is 4.53. The van der Waals surface area contributed by atoms with Gasteiger partial charge < -0.3 is 15.6 Å². The van der Waals surface area contributed by atoms with Gasteiger partial charge in [-0.1, -0.05) is 0 Å². The molecule has 0 radical (unpaired) electrons. The minimum Gasteiger partial charge on any atom is -0.353 e. The van der Waals surface area contributed by atoms with Crippen LogP contribution in [0.4, 0.5) is 23.4 Å². The molecule has 14 heteroatoms. The highest BCUT2D eigenvalue weighted by Gasteiger charge is 2.44. The van der Waals surface area contributed by atoms with Gasteiger partial charge in [-0.05, 0) is 25.0 Å². The molecule has 0 spiro atoms. The van der Waals surface area contributed by atoms with E-state index in [4.69, 9.17) is 0 Å². The molecule has 3 aromatic heterocycles. The SMILES string of the molecule is CS(=O)N1CCC(Nc2nc(-c3c[nH]c4ncccc34)ncc2F)(C(=O)NCC(F)(F)F)CC1. The molecule has 1 amide bonds. The molecule has 34 heavy (non-hydrogen) atoms. The van der Waals surface area contributed by atoms with Gasteiger partial charge in [-0.3, -0.25) is 4.79 Å². The number of aromatic nitrogens is 4. The summed E-state index contributed by atoms with van der Waals surface area (Å²) in [6, 6.07) is 3.49. The molecule has 1 aliphatic rings. The average molecular weight is 499 g/mol. The predicted octanol–water partition coefficient (Wildman–Crippen LogP) is 2.38. The lowest BCUT2D eigenvalue weighted by atomic mass is 9.87. The number of nitrogens with one attached hydrogen (secondary N) is 3. The molecule has 4 heterocycles. The van der Waals surface area contributed by atoms with Gasteiger partial charge in [-0.15, -0.1) is 0 Å². The van der Waals surface area contributed by atoms with Crippen LogP contribution < -0.4 is 10.6 Å². The largest absolute Gasteiger partial charge is 0.405 e. The van der Waals surface area contributed by atoms with Crippen molar-refractivity contribution in [2.75, 3.05) is 31.2 Å². The molecule has 1 unspecified atom stereocenters. The Balaban J connectivity index is 1.66. The van der Waals surface area contributed by atoms with Crippen LogP contribution in [0.25, 0.3) is 22.4 Å². The van der Waals surface area contributed by atoms with Crippen molar-refractivity contribution in [1.29, 1.82) is 0 Å². The maximum atomic E-state index is 14.7. The van der Waals surface area contributed by atoms with Gasteiger partial charge in [0.25, 0.3) is 0 Å². The summed E-state index contributed by atoms with van der Waals surface area (Å²) in [5.74, 6) is -1.99. The summed E-state index contributed by atoms with van der Waals surface area (Å²) in [6.07, 6.45) is 0.973. The molecular weight excluding hydrogens is 478 g/mol. The maximum Gasteiger partial charge on any atom is 0.405 e. The van der Waals surface area contributed by atoms with Gasteiger partial charge in [-0.25, -0.2) is 27.9 Å². The molecule has 4 rings (SSSR count). The fourth-order valence-electron chi connectivity index (χ4n) is 3.84. The number of fused-ring (bicyclic) bond motifs is 1. The first-order valence-corrected chi connectivity index (χ1v) is 11.8. The second kappa shape index (κ2) is 9.25. The lowest BCUT2D eigenvalue weighted by Crippen LogP contribution is -2.59. The van der Waals surface area contributed by atoms with Crippen molar-refractivity contribution in [2.24, 2.45) is 0 Å². The zero-order chi connectivity index (χ0) is 24.5. The van der Waals surface area contributed by atoms with E-state index < -0.39 is 41.0 Å². The van der Waals surface area contributed by atoms with Gasteiger partial charge in [0.2, 0.25) is 5.91 Å². The molecule has 1 aliphatic heterocycles. The minimum atomic E-state index is -4.61. The van der Waals surface area contributed by atoms with E-state index >= 15 is 0 Å². The first-order chi connectivity index (χ1) is 16.1. The summed E-state index contributed by atoms with van der Waals surface area (Å²) >= 11 is 0. The van der Waals surface area contributed by atoms with E-state index in [0.29, 0.717) is 16.6 Å². The van der Waals surface area contributed by atoms with Crippen LogP contribution in [-0.2, 0) is 15.8 Å². The van der Waals surface area contributed by atoms with E-state index in [1.54, 1.807) is 28.8 Å². The third-order valence-electron chi connectivity index (χ3n) is 5.62. The average Bonchev–Trinajstić information content (AvgIpc) is 3.23. The van der Waals surface area contributed by atoms with Gasteiger partial charge in [0.1, 0.15) is 17.7 Å². The topological polar surface area (TPSA) is 116 Å². The molecule has 3 aromatic rings. The summed E-state index contributed by atoms with van der Waals surface area (Å²) < 4.78 is 66.3. The molecule has 3 N–H and O–H groups in total. The van der Waals surface area contributed by atoms with E-state index in [1.807, 2.05) is 5.32 Å². The normalized spacial score (nSPS) is 17.4. The number of piperidine rings is 1. The molecule has 0 aromatic carbocycles.